The summed E-state index contributed by atoms with van der Waals surface area (Å²) in [7, 11) is 1.96. The zero-order chi connectivity index (χ0) is 15.4. The molecule has 5 nitrogen and oxygen atoms in total. The zero-order valence-corrected chi connectivity index (χ0v) is 13.8. The van der Waals surface area contributed by atoms with Crippen molar-refractivity contribution in [3.8, 4) is 0 Å². The average molecular weight is 307 g/mol. The number of hydrogen-bond donors (Lipinski definition) is 1. The second kappa shape index (κ2) is 7.57. The lowest BCUT2D eigenvalue weighted by molar-refractivity contribution is -0.0150. The molecule has 3 rings (SSSR count). The van der Waals surface area contributed by atoms with Crippen LogP contribution < -0.4 is 5.32 Å². The van der Waals surface area contributed by atoms with E-state index in [2.05, 4.69) is 23.5 Å². The van der Waals surface area contributed by atoms with Crippen LogP contribution in [0.25, 0.3) is 0 Å². The van der Waals surface area contributed by atoms with Crippen molar-refractivity contribution >= 4 is 0 Å². The van der Waals surface area contributed by atoms with Crippen molar-refractivity contribution in [1.82, 2.24) is 15.1 Å². The number of aryl methyl sites for hydroxylation is 1. The molecular weight excluding hydrogens is 278 g/mol. The molecule has 1 aromatic rings. The summed E-state index contributed by atoms with van der Waals surface area (Å²) in [5.41, 5.74) is 1.19. The van der Waals surface area contributed by atoms with E-state index in [0.717, 1.165) is 32.2 Å². The molecule has 0 saturated carbocycles. The Labute approximate surface area is 133 Å². The first kappa shape index (κ1) is 16.0. The number of nitrogens with zero attached hydrogens (tertiary/aromatic N) is 2. The van der Waals surface area contributed by atoms with Gasteiger partial charge in [-0.3, -0.25) is 4.68 Å². The molecule has 124 valence electrons. The summed E-state index contributed by atoms with van der Waals surface area (Å²) in [6, 6.07) is 0.918. The largest absolute Gasteiger partial charge is 0.381 e. The molecule has 5 heteroatoms. The normalized spacial score (nSPS) is 28.6. The summed E-state index contributed by atoms with van der Waals surface area (Å²) in [6.45, 7) is 5.03. The maximum Gasteiger partial charge on any atom is 0.101 e. The molecule has 2 fully saturated rings. The predicted octanol–water partition coefficient (Wildman–Crippen LogP) is 2.44. The van der Waals surface area contributed by atoms with Gasteiger partial charge in [0.1, 0.15) is 6.10 Å². The maximum atomic E-state index is 6.04. The molecule has 1 aromatic heterocycles. The monoisotopic (exact) mass is 307 g/mol. The molecule has 0 radical (unpaired) electrons. The molecule has 2 aliphatic rings. The lowest BCUT2D eigenvalue weighted by Crippen LogP contribution is -2.44. The minimum absolute atomic E-state index is 0.139. The van der Waals surface area contributed by atoms with Crippen molar-refractivity contribution in [2.24, 2.45) is 13.0 Å². The van der Waals surface area contributed by atoms with Gasteiger partial charge in [-0.05, 0) is 44.9 Å². The van der Waals surface area contributed by atoms with Gasteiger partial charge in [0, 0.05) is 50.7 Å². The quantitative estimate of drug-likeness (QED) is 0.907. The van der Waals surface area contributed by atoms with Crippen molar-refractivity contribution < 1.29 is 9.47 Å². The first-order valence-electron chi connectivity index (χ1n) is 8.66. The van der Waals surface area contributed by atoms with Crippen LogP contribution in [-0.2, 0) is 16.5 Å². The van der Waals surface area contributed by atoms with Crippen LogP contribution in [0, 0.1) is 5.92 Å². The van der Waals surface area contributed by atoms with Gasteiger partial charge in [0.05, 0.1) is 6.20 Å². The van der Waals surface area contributed by atoms with E-state index >= 15 is 0 Å². The highest BCUT2D eigenvalue weighted by Gasteiger charge is 2.30. The first-order valence-corrected chi connectivity index (χ1v) is 8.66. The van der Waals surface area contributed by atoms with Crippen LogP contribution in [0.3, 0.4) is 0 Å². The first-order chi connectivity index (χ1) is 10.7. The van der Waals surface area contributed by atoms with E-state index in [1.165, 1.54) is 31.2 Å². The molecule has 22 heavy (non-hydrogen) atoms. The van der Waals surface area contributed by atoms with Crippen LogP contribution >= 0.6 is 0 Å². The smallest absolute Gasteiger partial charge is 0.101 e. The summed E-state index contributed by atoms with van der Waals surface area (Å²) < 4.78 is 13.4. The lowest BCUT2D eigenvalue weighted by Gasteiger charge is -2.35. The Bertz CT molecular complexity index is 457. The minimum atomic E-state index is 0.139. The minimum Gasteiger partial charge on any atom is -0.381 e. The Morgan fingerprint density at radius 3 is 2.86 bits per heavy atom. The van der Waals surface area contributed by atoms with Crippen LogP contribution in [0.4, 0.5) is 0 Å². The van der Waals surface area contributed by atoms with Crippen molar-refractivity contribution in [2.45, 2.75) is 57.2 Å². The summed E-state index contributed by atoms with van der Waals surface area (Å²) in [6.07, 6.45) is 10.1. The Kier molecular flexibility index (Phi) is 5.50. The van der Waals surface area contributed by atoms with E-state index in [1.807, 2.05) is 17.9 Å². The summed E-state index contributed by atoms with van der Waals surface area (Å²) >= 11 is 0. The van der Waals surface area contributed by atoms with Gasteiger partial charge in [0.25, 0.3) is 0 Å². The molecule has 0 aromatic carbocycles. The van der Waals surface area contributed by atoms with Crippen LogP contribution in [0.2, 0.25) is 0 Å². The molecule has 0 spiro atoms. The van der Waals surface area contributed by atoms with Crippen molar-refractivity contribution in [2.75, 3.05) is 19.8 Å². The van der Waals surface area contributed by atoms with E-state index in [4.69, 9.17) is 9.47 Å². The highest BCUT2D eigenvalue weighted by atomic mass is 16.5. The molecule has 0 amide bonds. The van der Waals surface area contributed by atoms with Crippen LogP contribution in [0.1, 0.15) is 50.7 Å². The molecule has 1 N–H and O–H groups in total. The molecule has 0 aliphatic carbocycles. The van der Waals surface area contributed by atoms with E-state index in [0.29, 0.717) is 12.1 Å². The molecule has 3 heterocycles. The molecule has 2 saturated heterocycles. The third-order valence-electron chi connectivity index (χ3n) is 4.90. The van der Waals surface area contributed by atoms with Gasteiger partial charge in [-0.25, -0.2) is 0 Å². The lowest BCUT2D eigenvalue weighted by atomic mass is 9.91. The fourth-order valence-electron chi connectivity index (χ4n) is 3.78. The van der Waals surface area contributed by atoms with Crippen LogP contribution in [-0.4, -0.2) is 41.7 Å². The zero-order valence-electron chi connectivity index (χ0n) is 13.8. The number of rotatable bonds is 5. The molecule has 3 atom stereocenters. The second-order valence-corrected chi connectivity index (χ2v) is 6.85. The number of hydrogen-bond acceptors (Lipinski definition) is 4. The van der Waals surface area contributed by atoms with E-state index in [9.17, 15) is 0 Å². The van der Waals surface area contributed by atoms with E-state index in [1.54, 1.807) is 0 Å². The summed E-state index contributed by atoms with van der Waals surface area (Å²) in [5, 5.41) is 8.12. The third-order valence-corrected chi connectivity index (χ3v) is 4.90. The van der Waals surface area contributed by atoms with Gasteiger partial charge in [-0.1, -0.05) is 0 Å². The number of aromatic nitrogens is 2. The highest BCUT2D eigenvalue weighted by molar-refractivity contribution is 5.12. The van der Waals surface area contributed by atoms with Crippen LogP contribution in [0.5, 0.6) is 0 Å². The Morgan fingerprint density at radius 1 is 1.32 bits per heavy atom. The topological polar surface area (TPSA) is 48.3 Å². The third kappa shape index (κ3) is 4.09. The molecule has 0 bridgehead atoms. The standard InChI is InChI=1S/C17H29N3O2/c1-13(10-14-5-8-21-9-6-14)19-16-4-3-7-22-17(16)15-11-18-20(2)12-15/h11-14,16-17,19H,3-10H2,1-2H3/t13-,16-,17+/m0/s1. The Hall–Kier alpha value is -0.910. The van der Waals surface area contributed by atoms with Crippen molar-refractivity contribution in [1.29, 1.82) is 0 Å². The van der Waals surface area contributed by atoms with Gasteiger partial charge < -0.3 is 14.8 Å². The Morgan fingerprint density at radius 2 is 2.14 bits per heavy atom. The van der Waals surface area contributed by atoms with Crippen molar-refractivity contribution in [3.05, 3.63) is 18.0 Å². The highest BCUT2D eigenvalue weighted by Crippen LogP contribution is 2.29. The fraction of sp³-hybridized carbons (Fsp3) is 0.824. The fourth-order valence-corrected chi connectivity index (χ4v) is 3.78. The molecule has 2 aliphatic heterocycles. The van der Waals surface area contributed by atoms with Gasteiger partial charge in [0.15, 0.2) is 0 Å². The number of ether oxygens (including phenoxy) is 2. The van der Waals surface area contributed by atoms with Gasteiger partial charge >= 0.3 is 0 Å². The Balaban J connectivity index is 1.56. The van der Waals surface area contributed by atoms with Gasteiger partial charge in [-0.15, -0.1) is 0 Å². The van der Waals surface area contributed by atoms with E-state index in [-0.39, 0.29) is 6.10 Å². The van der Waals surface area contributed by atoms with E-state index < -0.39 is 0 Å². The number of nitrogens with one attached hydrogen (secondary N) is 1. The summed E-state index contributed by atoms with van der Waals surface area (Å²) in [4.78, 5) is 0. The van der Waals surface area contributed by atoms with Crippen molar-refractivity contribution in [3.63, 3.8) is 0 Å². The van der Waals surface area contributed by atoms with Crippen LogP contribution in [0.15, 0.2) is 12.4 Å². The predicted molar refractivity (Wildman–Crippen MR) is 85.7 cm³/mol. The maximum absolute atomic E-state index is 6.04. The molecular formula is C17H29N3O2. The molecule has 0 unspecified atom stereocenters. The average Bonchev–Trinajstić information content (AvgIpc) is 2.95. The SMILES string of the molecule is C[C@@H](CC1CCOCC1)N[C@H]1CCCO[C@@H]1c1cnn(C)c1. The van der Waals surface area contributed by atoms with Gasteiger partial charge in [-0.2, -0.15) is 5.10 Å². The van der Waals surface area contributed by atoms with Gasteiger partial charge in [0.2, 0.25) is 0 Å². The summed E-state index contributed by atoms with van der Waals surface area (Å²) in [5.74, 6) is 0.803. The second-order valence-electron chi connectivity index (χ2n) is 6.85.